The van der Waals surface area contributed by atoms with Crippen molar-refractivity contribution < 1.29 is 38.1 Å². The zero-order valence-electron chi connectivity index (χ0n) is 36.3. The molecule has 2 rings (SSSR count). The second-order valence-electron chi connectivity index (χ2n) is 18.3. The van der Waals surface area contributed by atoms with Crippen molar-refractivity contribution in [2.75, 3.05) is 65.4 Å². The molecule has 0 aromatic heterocycles. The van der Waals surface area contributed by atoms with Crippen molar-refractivity contribution in [2.45, 2.75) is 119 Å². The lowest BCUT2D eigenvalue weighted by molar-refractivity contribution is -0.159. The number of esters is 4. The molecular weight excluding hydrogens is 713 g/mol. The van der Waals surface area contributed by atoms with Gasteiger partial charge in [0, 0.05) is 52.4 Å². The van der Waals surface area contributed by atoms with Crippen molar-refractivity contribution in [3.05, 3.63) is 71.8 Å². The Morgan fingerprint density at radius 2 is 0.589 bits per heavy atom. The second-order valence-corrected chi connectivity index (χ2v) is 18.3. The van der Waals surface area contributed by atoms with E-state index in [1.54, 1.807) is 0 Å². The van der Waals surface area contributed by atoms with E-state index in [2.05, 4.69) is 0 Å². The smallest absolute Gasteiger partial charge is 0.320 e. The third-order valence-electron chi connectivity index (χ3n) is 7.79. The maximum Gasteiger partial charge on any atom is 0.320 e. The van der Waals surface area contributed by atoms with Crippen molar-refractivity contribution >= 4 is 23.9 Å². The van der Waals surface area contributed by atoms with E-state index in [-0.39, 0.29) is 50.1 Å². The van der Waals surface area contributed by atoms with Crippen molar-refractivity contribution in [1.29, 1.82) is 0 Å². The molecule has 0 spiro atoms. The summed E-state index contributed by atoms with van der Waals surface area (Å²) in [7, 11) is 0. The highest BCUT2D eigenvalue weighted by Gasteiger charge is 2.26. The summed E-state index contributed by atoms with van der Waals surface area (Å²) in [6, 6.07) is 19.8. The van der Waals surface area contributed by atoms with Gasteiger partial charge in [-0.25, -0.2) is 0 Å². The van der Waals surface area contributed by atoms with E-state index in [1.807, 2.05) is 163 Å². The number of benzene rings is 2. The Labute approximate surface area is 336 Å². The Hall–Kier alpha value is -3.84. The summed E-state index contributed by atoms with van der Waals surface area (Å²) < 4.78 is 22.8. The topological polar surface area (TPSA) is 118 Å². The molecule has 314 valence electrons. The molecule has 2 aromatic carbocycles. The first-order valence-corrected chi connectivity index (χ1v) is 19.7. The van der Waals surface area contributed by atoms with Crippen LogP contribution in [0.1, 0.15) is 94.2 Å². The Balaban J connectivity index is 2.34. The van der Waals surface area contributed by atoms with Crippen LogP contribution in [0.5, 0.6) is 0 Å². The molecule has 0 fully saturated rings. The van der Waals surface area contributed by atoms with E-state index in [0.29, 0.717) is 52.4 Å². The molecular formula is C44H70N4O8. The van der Waals surface area contributed by atoms with Gasteiger partial charge in [0.2, 0.25) is 0 Å². The van der Waals surface area contributed by atoms with Crippen LogP contribution >= 0.6 is 0 Å². The maximum absolute atomic E-state index is 13.2. The number of carbonyl (C=O) groups is 4. The summed E-state index contributed by atoms with van der Waals surface area (Å²) in [6.07, 6.45) is 0. The molecule has 12 nitrogen and oxygen atoms in total. The van der Waals surface area contributed by atoms with E-state index >= 15 is 0 Å². The third kappa shape index (κ3) is 23.9. The van der Waals surface area contributed by atoms with Gasteiger partial charge in [0.15, 0.2) is 0 Å². The number of hydrogen-bond acceptors (Lipinski definition) is 12. The molecule has 0 saturated carbocycles. The predicted octanol–water partition coefficient (Wildman–Crippen LogP) is 5.96. The highest BCUT2D eigenvalue weighted by molar-refractivity contribution is 5.73. The van der Waals surface area contributed by atoms with Crippen LogP contribution in [0.3, 0.4) is 0 Å². The molecule has 0 unspecified atom stereocenters. The minimum atomic E-state index is -0.669. The first-order chi connectivity index (χ1) is 25.8. The van der Waals surface area contributed by atoms with Gasteiger partial charge >= 0.3 is 23.9 Å². The van der Waals surface area contributed by atoms with Crippen LogP contribution in [-0.4, -0.2) is 131 Å². The number of hydrogen-bond donors (Lipinski definition) is 0. The van der Waals surface area contributed by atoms with E-state index < -0.39 is 22.4 Å². The minimum absolute atomic E-state index is 0.0158. The lowest BCUT2D eigenvalue weighted by atomic mass is 10.2. The molecule has 0 aliphatic heterocycles. The van der Waals surface area contributed by atoms with Crippen molar-refractivity contribution in [3.63, 3.8) is 0 Å². The predicted molar refractivity (Wildman–Crippen MR) is 220 cm³/mol. The largest absolute Gasteiger partial charge is 0.459 e. The number of carbonyl (C=O) groups excluding carboxylic acids is 4. The molecule has 0 radical (unpaired) electrons. The quantitative estimate of drug-likeness (QED) is 0.110. The fourth-order valence-electron chi connectivity index (χ4n) is 5.73. The van der Waals surface area contributed by atoms with Gasteiger partial charge in [-0.15, -0.1) is 0 Å². The van der Waals surface area contributed by atoms with Crippen molar-refractivity contribution in [2.24, 2.45) is 0 Å². The number of nitrogens with zero attached hydrogens (tertiary/aromatic N) is 4. The van der Waals surface area contributed by atoms with Crippen LogP contribution in [0.15, 0.2) is 60.7 Å². The normalized spacial score (nSPS) is 12.6. The maximum atomic E-state index is 13.2. The molecule has 0 aliphatic carbocycles. The van der Waals surface area contributed by atoms with E-state index in [1.165, 1.54) is 0 Å². The molecule has 0 amide bonds. The Morgan fingerprint density at radius 1 is 0.375 bits per heavy atom. The summed E-state index contributed by atoms with van der Waals surface area (Å²) in [6.45, 7) is 25.9. The van der Waals surface area contributed by atoms with Gasteiger partial charge in [-0.05, 0) is 94.2 Å². The summed E-state index contributed by atoms with van der Waals surface area (Å²) in [4.78, 5) is 60.4. The number of ether oxygens (including phenoxy) is 4. The molecule has 0 atom stereocenters. The van der Waals surface area contributed by atoms with Crippen LogP contribution in [0.4, 0.5) is 0 Å². The van der Waals surface area contributed by atoms with E-state index in [0.717, 1.165) is 11.1 Å². The van der Waals surface area contributed by atoms with Gasteiger partial charge in [0.05, 0.1) is 26.2 Å². The Kier molecular flexibility index (Phi) is 19.1. The van der Waals surface area contributed by atoms with Crippen LogP contribution < -0.4 is 0 Å². The van der Waals surface area contributed by atoms with Crippen molar-refractivity contribution in [3.8, 4) is 0 Å². The van der Waals surface area contributed by atoms with Gasteiger partial charge in [-0.3, -0.25) is 38.8 Å². The second kappa shape index (κ2) is 22.2. The molecule has 0 aliphatic rings. The zero-order chi connectivity index (χ0) is 42.2. The van der Waals surface area contributed by atoms with Crippen LogP contribution in [0.25, 0.3) is 0 Å². The standard InChI is InChI=1S/C44H70N4O8/c1-41(2,3)53-37(49)31-45(25-27-47(29-35-19-15-13-16-20-35)33-39(51)55-43(7,8)9)23-24-46(32-38(50)54-42(4,5)6)26-28-48(30-36-21-17-14-18-22-36)34-40(52)56-44(10,11)12/h13-22H,23-34H2,1-12H3. The Bertz CT molecular complexity index is 1380. The number of rotatable bonds is 21. The molecule has 2 aromatic rings. The highest BCUT2D eigenvalue weighted by atomic mass is 16.6. The van der Waals surface area contributed by atoms with Gasteiger partial charge in [0.1, 0.15) is 22.4 Å². The van der Waals surface area contributed by atoms with Crippen LogP contribution in [0, 0.1) is 0 Å². The summed E-state index contributed by atoms with van der Waals surface area (Å²) >= 11 is 0. The monoisotopic (exact) mass is 783 g/mol. The summed E-state index contributed by atoms with van der Waals surface area (Å²) in [5.74, 6) is -1.40. The average molecular weight is 783 g/mol. The molecule has 12 heteroatoms. The van der Waals surface area contributed by atoms with E-state index in [9.17, 15) is 19.2 Å². The molecule has 0 saturated heterocycles. The zero-order valence-corrected chi connectivity index (χ0v) is 36.3. The fraction of sp³-hybridized carbons (Fsp3) is 0.636. The van der Waals surface area contributed by atoms with Gasteiger partial charge in [0.25, 0.3) is 0 Å². The first-order valence-electron chi connectivity index (χ1n) is 19.7. The molecule has 0 bridgehead atoms. The summed E-state index contributed by atoms with van der Waals surface area (Å²) in [5, 5.41) is 0. The van der Waals surface area contributed by atoms with Crippen LogP contribution in [-0.2, 0) is 51.2 Å². The summed E-state index contributed by atoms with van der Waals surface area (Å²) in [5.41, 5.74) is -0.497. The lowest BCUT2D eigenvalue weighted by Crippen LogP contribution is -2.47. The van der Waals surface area contributed by atoms with E-state index in [4.69, 9.17) is 18.9 Å². The average Bonchev–Trinajstić information content (AvgIpc) is 3.01. The molecule has 0 heterocycles. The minimum Gasteiger partial charge on any atom is -0.459 e. The first kappa shape index (κ1) is 48.3. The third-order valence-corrected chi connectivity index (χ3v) is 7.79. The highest BCUT2D eigenvalue weighted by Crippen LogP contribution is 2.14. The van der Waals surface area contributed by atoms with Gasteiger partial charge in [-0.2, -0.15) is 0 Å². The SMILES string of the molecule is CC(C)(C)OC(=O)CN(CCN(CCN(CC(=O)OC(C)(C)C)Cc1ccccc1)CC(=O)OC(C)(C)C)CCN(CC(=O)OC(C)(C)C)Cc1ccccc1. The Morgan fingerprint density at radius 3 is 0.821 bits per heavy atom. The molecule has 0 N–H and O–H groups in total. The molecule has 56 heavy (non-hydrogen) atoms. The van der Waals surface area contributed by atoms with Gasteiger partial charge in [-0.1, -0.05) is 60.7 Å². The van der Waals surface area contributed by atoms with Crippen LogP contribution in [0.2, 0.25) is 0 Å². The lowest BCUT2D eigenvalue weighted by Gasteiger charge is -2.32. The van der Waals surface area contributed by atoms with Gasteiger partial charge < -0.3 is 18.9 Å². The fourth-order valence-corrected chi connectivity index (χ4v) is 5.73. The van der Waals surface area contributed by atoms with Crippen molar-refractivity contribution in [1.82, 2.24) is 19.6 Å².